The zero-order valence-corrected chi connectivity index (χ0v) is 14.7. The van der Waals surface area contributed by atoms with Gasteiger partial charge in [-0.25, -0.2) is 4.40 Å². The predicted molar refractivity (Wildman–Crippen MR) is 101 cm³/mol. The molecule has 0 bridgehead atoms. The average molecular weight is 338 g/mol. The van der Waals surface area contributed by atoms with E-state index in [4.69, 9.17) is 9.13 Å². The van der Waals surface area contributed by atoms with Crippen molar-refractivity contribution >= 4 is 17.8 Å². The van der Waals surface area contributed by atoms with Crippen molar-refractivity contribution in [3.63, 3.8) is 0 Å². The normalized spacial score (nSPS) is 23.4. The van der Waals surface area contributed by atoms with Gasteiger partial charge in [0.2, 0.25) is 0 Å². The van der Waals surface area contributed by atoms with Gasteiger partial charge < -0.3 is 9.64 Å². The van der Waals surface area contributed by atoms with Gasteiger partial charge in [-0.3, -0.25) is 0 Å². The average Bonchev–Trinajstić information content (AvgIpc) is 2.62. The van der Waals surface area contributed by atoms with Crippen molar-refractivity contribution in [3.8, 4) is 11.5 Å². The molecule has 0 radical (unpaired) electrons. The molecule has 0 aliphatic carbocycles. The second-order valence-corrected chi connectivity index (χ2v) is 7.46. The third kappa shape index (κ3) is 3.29. The SMILES string of the molecule is CC1CC(c2ccc(Oc3ccccc3)cc2)C2=NSCCN2C1. The predicted octanol–water partition coefficient (Wildman–Crippen LogP) is 4.96. The Morgan fingerprint density at radius 3 is 2.58 bits per heavy atom. The standard InChI is InChI=1S/C20H22N2OS/c1-15-13-19(20-21-24-12-11-22(20)14-15)16-7-9-18(10-8-16)23-17-5-3-2-4-6-17/h2-10,15,19H,11-14H2,1H3. The van der Waals surface area contributed by atoms with E-state index in [0.29, 0.717) is 11.8 Å². The lowest BCUT2D eigenvalue weighted by Crippen LogP contribution is -2.46. The van der Waals surface area contributed by atoms with Gasteiger partial charge in [0.05, 0.1) is 0 Å². The highest BCUT2D eigenvalue weighted by Gasteiger charge is 2.33. The maximum atomic E-state index is 5.90. The molecule has 0 saturated carbocycles. The smallest absolute Gasteiger partial charge is 0.127 e. The molecule has 4 heteroatoms. The van der Waals surface area contributed by atoms with Crippen molar-refractivity contribution < 1.29 is 4.74 Å². The zero-order chi connectivity index (χ0) is 16.4. The van der Waals surface area contributed by atoms with Crippen LogP contribution in [0.15, 0.2) is 59.0 Å². The van der Waals surface area contributed by atoms with Gasteiger partial charge in [-0.15, -0.1) is 0 Å². The molecular formula is C20H22N2OS. The highest BCUT2D eigenvalue weighted by molar-refractivity contribution is 7.98. The van der Waals surface area contributed by atoms with E-state index in [-0.39, 0.29) is 0 Å². The van der Waals surface area contributed by atoms with Crippen LogP contribution in [0.4, 0.5) is 0 Å². The molecule has 124 valence electrons. The fourth-order valence-corrected chi connectivity index (χ4v) is 4.31. The lowest BCUT2D eigenvalue weighted by molar-refractivity contribution is 0.300. The van der Waals surface area contributed by atoms with Gasteiger partial charge in [-0.1, -0.05) is 37.3 Å². The fraction of sp³-hybridized carbons (Fsp3) is 0.350. The highest BCUT2D eigenvalue weighted by atomic mass is 32.2. The Kier molecular flexibility index (Phi) is 4.48. The molecule has 0 amide bonds. The van der Waals surface area contributed by atoms with Crippen LogP contribution >= 0.6 is 11.9 Å². The first-order valence-corrected chi connectivity index (χ1v) is 9.51. The van der Waals surface area contributed by atoms with Crippen LogP contribution in [-0.2, 0) is 0 Å². The molecule has 2 atom stereocenters. The Hall–Kier alpha value is -1.94. The number of ether oxygens (including phenoxy) is 1. The minimum atomic E-state index is 0.410. The summed E-state index contributed by atoms with van der Waals surface area (Å²) in [5.41, 5.74) is 1.34. The molecule has 2 aromatic rings. The molecular weight excluding hydrogens is 316 g/mol. The van der Waals surface area contributed by atoms with Crippen LogP contribution in [0.2, 0.25) is 0 Å². The maximum Gasteiger partial charge on any atom is 0.127 e. The summed E-state index contributed by atoms with van der Waals surface area (Å²) in [5, 5.41) is 0. The summed E-state index contributed by atoms with van der Waals surface area (Å²) >= 11 is 1.71. The molecule has 0 aromatic heterocycles. The van der Waals surface area contributed by atoms with Gasteiger partial charge in [0.1, 0.15) is 17.3 Å². The maximum absolute atomic E-state index is 5.90. The number of rotatable bonds is 3. The van der Waals surface area contributed by atoms with Gasteiger partial charge >= 0.3 is 0 Å². The quantitative estimate of drug-likeness (QED) is 0.739. The van der Waals surface area contributed by atoms with Crippen LogP contribution in [0, 0.1) is 5.92 Å². The van der Waals surface area contributed by atoms with E-state index >= 15 is 0 Å². The van der Waals surface area contributed by atoms with Crippen molar-refractivity contribution in [2.45, 2.75) is 19.3 Å². The van der Waals surface area contributed by atoms with Crippen molar-refractivity contribution in [2.24, 2.45) is 10.3 Å². The number of benzene rings is 2. The van der Waals surface area contributed by atoms with Crippen LogP contribution in [0.5, 0.6) is 11.5 Å². The second kappa shape index (κ2) is 6.89. The molecule has 24 heavy (non-hydrogen) atoms. The lowest BCUT2D eigenvalue weighted by Gasteiger charge is -2.40. The van der Waals surface area contributed by atoms with E-state index in [1.807, 2.05) is 30.3 Å². The summed E-state index contributed by atoms with van der Waals surface area (Å²) in [6.07, 6.45) is 1.18. The second-order valence-electron chi connectivity index (χ2n) is 6.61. The Balaban J connectivity index is 1.54. The number of piperidine rings is 1. The third-order valence-corrected chi connectivity index (χ3v) is 5.36. The fourth-order valence-electron chi connectivity index (χ4n) is 3.54. The number of para-hydroxylation sites is 1. The minimum absolute atomic E-state index is 0.410. The number of fused-ring (bicyclic) bond motifs is 1. The van der Waals surface area contributed by atoms with E-state index in [2.05, 4.69) is 36.1 Å². The van der Waals surface area contributed by atoms with Crippen LogP contribution in [-0.4, -0.2) is 29.6 Å². The number of nitrogens with zero attached hydrogens (tertiary/aromatic N) is 2. The molecule has 0 N–H and O–H groups in total. The van der Waals surface area contributed by atoms with E-state index in [1.54, 1.807) is 11.9 Å². The first kappa shape index (κ1) is 15.6. The van der Waals surface area contributed by atoms with Crippen molar-refractivity contribution in [2.75, 3.05) is 18.8 Å². The molecule has 2 aliphatic heterocycles. The van der Waals surface area contributed by atoms with Gasteiger partial charge in [0.15, 0.2) is 0 Å². The summed E-state index contributed by atoms with van der Waals surface area (Å²) < 4.78 is 10.7. The molecule has 1 saturated heterocycles. The molecule has 2 heterocycles. The van der Waals surface area contributed by atoms with E-state index < -0.39 is 0 Å². The third-order valence-electron chi connectivity index (χ3n) is 4.68. The summed E-state index contributed by atoms with van der Waals surface area (Å²) in [6, 6.07) is 18.5. The Bertz CT molecular complexity index is 714. The first-order valence-electron chi connectivity index (χ1n) is 8.57. The molecule has 2 aromatic carbocycles. The Morgan fingerprint density at radius 1 is 1.04 bits per heavy atom. The molecule has 0 spiro atoms. The summed E-state index contributed by atoms with van der Waals surface area (Å²) in [5.74, 6) is 5.24. The van der Waals surface area contributed by atoms with Crippen molar-refractivity contribution in [1.29, 1.82) is 0 Å². The van der Waals surface area contributed by atoms with Crippen LogP contribution in [0.25, 0.3) is 0 Å². The van der Waals surface area contributed by atoms with Gasteiger partial charge in [0.25, 0.3) is 0 Å². The number of hydrogen-bond acceptors (Lipinski definition) is 4. The molecule has 3 nitrogen and oxygen atoms in total. The van der Waals surface area contributed by atoms with Crippen LogP contribution in [0.3, 0.4) is 0 Å². The topological polar surface area (TPSA) is 24.8 Å². The molecule has 1 fully saturated rings. The van der Waals surface area contributed by atoms with Gasteiger partial charge in [-0.2, -0.15) is 0 Å². The molecule has 2 unspecified atom stereocenters. The molecule has 2 aliphatic rings. The summed E-state index contributed by atoms with van der Waals surface area (Å²) in [4.78, 5) is 2.48. The molecule has 4 rings (SSSR count). The van der Waals surface area contributed by atoms with E-state index in [9.17, 15) is 0 Å². The van der Waals surface area contributed by atoms with E-state index in [0.717, 1.165) is 30.3 Å². The zero-order valence-electron chi connectivity index (χ0n) is 13.9. The van der Waals surface area contributed by atoms with Crippen molar-refractivity contribution in [1.82, 2.24) is 4.90 Å². The monoisotopic (exact) mass is 338 g/mol. The first-order chi connectivity index (χ1) is 11.8. The lowest BCUT2D eigenvalue weighted by atomic mass is 9.84. The number of hydrogen-bond donors (Lipinski definition) is 0. The Morgan fingerprint density at radius 2 is 1.79 bits per heavy atom. The van der Waals surface area contributed by atoms with Crippen LogP contribution in [0.1, 0.15) is 24.8 Å². The van der Waals surface area contributed by atoms with Gasteiger partial charge in [-0.05, 0) is 54.1 Å². The van der Waals surface area contributed by atoms with Crippen molar-refractivity contribution in [3.05, 3.63) is 60.2 Å². The van der Waals surface area contributed by atoms with Gasteiger partial charge in [0, 0.05) is 24.8 Å². The van der Waals surface area contributed by atoms with E-state index in [1.165, 1.54) is 17.8 Å². The largest absolute Gasteiger partial charge is 0.457 e. The summed E-state index contributed by atoms with van der Waals surface area (Å²) in [7, 11) is 0. The summed E-state index contributed by atoms with van der Waals surface area (Å²) in [6.45, 7) is 4.61. The Labute approximate surface area is 147 Å². The highest BCUT2D eigenvalue weighted by Crippen LogP contribution is 2.36. The van der Waals surface area contributed by atoms with Crippen LogP contribution < -0.4 is 4.74 Å². The minimum Gasteiger partial charge on any atom is -0.457 e. The number of amidine groups is 1.